The van der Waals surface area contributed by atoms with Crippen molar-refractivity contribution in [2.24, 2.45) is 0 Å². The van der Waals surface area contributed by atoms with Crippen LogP contribution in [0, 0.1) is 6.92 Å². The molecule has 0 aliphatic heterocycles. The zero-order valence-corrected chi connectivity index (χ0v) is 13.3. The van der Waals surface area contributed by atoms with Crippen molar-refractivity contribution in [2.75, 3.05) is 11.9 Å². The molecule has 0 amide bonds. The van der Waals surface area contributed by atoms with E-state index in [1.165, 1.54) is 0 Å². The Morgan fingerprint density at radius 2 is 2.00 bits per heavy atom. The Bertz CT molecular complexity index is 588. The summed E-state index contributed by atoms with van der Waals surface area (Å²) >= 11 is 0. The van der Waals surface area contributed by atoms with E-state index < -0.39 is 0 Å². The van der Waals surface area contributed by atoms with Crippen LogP contribution in [-0.4, -0.2) is 27.8 Å². The first-order valence-electron chi connectivity index (χ1n) is 7.04. The average Bonchev–Trinajstić information content (AvgIpc) is 2.84. The van der Waals surface area contributed by atoms with Gasteiger partial charge >= 0.3 is 6.01 Å². The van der Waals surface area contributed by atoms with E-state index in [2.05, 4.69) is 41.3 Å². The fourth-order valence-electron chi connectivity index (χ4n) is 1.81. The van der Waals surface area contributed by atoms with Crippen LogP contribution in [0.25, 0.3) is 0 Å². The highest BCUT2D eigenvalue weighted by molar-refractivity contribution is 5.24. The van der Waals surface area contributed by atoms with E-state index >= 15 is 0 Å². The van der Waals surface area contributed by atoms with E-state index in [0.29, 0.717) is 25.0 Å². The molecule has 0 spiro atoms. The van der Waals surface area contributed by atoms with Crippen LogP contribution in [-0.2, 0) is 13.1 Å². The fourth-order valence-corrected chi connectivity index (χ4v) is 1.81. The molecule has 0 unspecified atom stereocenters. The van der Waals surface area contributed by atoms with Gasteiger partial charge in [0.1, 0.15) is 0 Å². The smallest absolute Gasteiger partial charge is 0.318 e. The average molecular weight is 289 g/mol. The maximum absolute atomic E-state index is 5.66. The van der Waals surface area contributed by atoms with Crippen molar-refractivity contribution in [1.82, 2.24) is 20.5 Å². The molecule has 2 rings (SSSR count). The first kappa shape index (κ1) is 15.4. The topological polar surface area (TPSA) is 67.1 Å². The molecule has 1 N–H and O–H groups in total. The van der Waals surface area contributed by atoms with E-state index in [1.54, 1.807) is 0 Å². The largest absolute Gasteiger partial charge is 0.407 e. The van der Waals surface area contributed by atoms with Gasteiger partial charge in [0.05, 0.1) is 18.8 Å². The number of nitrogens with zero attached hydrogens (tertiary/aromatic N) is 4. The lowest BCUT2D eigenvalue weighted by atomic mass is 10.1. The standard InChI is InChI=1S/C15H23N5O/c1-11-7-6-8-12(17-11)10-20(5)14-19-18-13(21-14)9-16-15(2,3)4/h6-8,16H,9-10H2,1-5H3. The first-order valence-corrected chi connectivity index (χ1v) is 7.04. The fraction of sp³-hybridized carbons (Fsp3) is 0.533. The number of aromatic nitrogens is 3. The van der Waals surface area contributed by atoms with Gasteiger partial charge in [-0.05, 0) is 39.8 Å². The van der Waals surface area contributed by atoms with E-state index in [0.717, 1.165) is 11.4 Å². The van der Waals surface area contributed by atoms with Gasteiger partial charge in [0.25, 0.3) is 0 Å². The predicted octanol–water partition coefficient (Wildman–Crippen LogP) is 2.30. The summed E-state index contributed by atoms with van der Waals surface area (Å²) < 4.78 is 5.66. The molecule has 2 aromatic heterocycles. The zero-order chi connectivity index (χ0) is 15.5. The minimum atomic E-state index is 0.0199. The van der Waals surface area contributed by atoms with E-state index in [-0.39, 0.29) is 5.54 Å². The summed E-state index contributed by atoms with van der Waals surface area (Å²) in [6.07, 6.45) is 0. The number of rotatable bonds is 5. The van der Waals surface area contributed by atoms with Crippen LogP contribution < -0.4 is 10.2 Å². The van der Waals surface area contributed by atoms with Crippen LogP contribution in [0.2, 0.25) is 0 Å². The molecule has 114 valence electrons. The molecule has 2 aromatic rings. The molecular formula is C15H23N5O. The number of pyridine rings is 1. The summed E-state index contributed by atoms with van der Waals surface area (Å²) in [6.45, 7) is 9.47. The summed E-state index contributed by atoms with van der Waals surface area (Å²) in [4.78, 5) is 6.37. The second-order valence-electron chi connectivity index (χ2n) is 6.21. The Hall–Kier alpha value is -1.95. The molecule has 0 saturated carbocycles. The van der Waals surface area contributed by atoms with Gasteiger partial charge in [-0.1, -0.05) is 11.2 Å². The van der Waals surface area contributed by atoms with E-state index in [1.807, 2.05) is 37.1 Å². The molecular weight excluding hydrogens is 266 g/mol. The lowest BCUT2D eigenvalue weighted by molar-refractivity contribution is 0.381. The monoisotopic (exact) mass is 289 g/mol. The molecule has 21 heavy (non-hydrogen) atoms. The predicted molar refractivity (Wildman–Crippen MR) is 82.0 cm³/mol. The summed E-state index contributed by atoms with van der Waals surface area (Å²) in [6, 6.07) is 6.47. The Morgan fingerprint density at radius 1 is 1.24 bits per heavy atom. The van der Waals surface area contributed by atoms with Gasteiger partial charge in [-0.15, -0.1) is 5.10 Å². The van der Waals surface area contributed by atoms with Crippen LogP contribution in [0.15, 0.2) is 22.6 Å². The number of hydrogen-bond donors (Lipinski definition) is 1. The molecule has 0 saturated heterocycles. The SMILES string of the molecule is Cc1cccc(CN(C)c2nnc(CNC(C)(C)C)o2)n1. The van der Waals surface area contributed by atoms with Crippen LogP contribution in [0.1, 0.15) is 38.0 Å². The molecule has 0 fully saturated rings. The molecule has 0 aliphatic rings. The minimum Gasteiger partial charge on any atom is -0.407 e. The summed E-state index contributed by atoms with van der Waals surface area (Å²) in [5.41, 5.74) is 2.00. The minimum absolute atomic E-state index is 0.0199. The third-order valence-electron chi connectivity index (χ3n) is 2.90. The lowest BCUT2D eigenvalue weighted by Crippen LogP contribution is -2.35. The van der Waals surface area contributed by atoms with Crippen LogP contribution >= 0.6 is 0 Å². The lowest BCUT2D eigenvalue weighted by Gasteiger charge is -2.18. The maximum Gasteiger partial charge on any atom is 0.318 e. The molecule has 0 bridgehead atoms. The van der Waals surface area contributed by atoms with Crippen molar-refractivity contribution < 1.29 is 4.42 Å². The Balaban J connectivity index is 1.97. The Kier molecular flexibility index (Phi) is 4.57. The number of anilines is 1. The summed E-state index contributed by atoms with van der Waals surface area (Å²) in [5, 5.41) is 11.5. The van der Waals surface area contributed by atoms with Crippen molar-refractivity contribution in [1.29, 1.82) is 0 Å². The highest BCUT2D eigenvalue weighted by Crippen LogP contribution is 2.14. The van der Waals surface area contributed by atoms with Crippen molar-refractivity contribution >= 4 is 6.01 Å². The Morgan fingerprint density at radius 3 is 2.67 bits per heavy atom. The van der Waals surface area contributed by atoms with Crippen molar-refractivity contribution in [2.45, 2.75) is 46.3 Å². The number of aryl methyl sites for hydroxylation is 1. The number of nitrogens with one attached hydrogen (secondary N) is 1. The van der Waals surface area contributed by atoms with Gasteiger partial charge in [-0.3, -0.25) is 4.98 Å². The molecule has 2 heterocycles. The van der Waals surface area contributed by atoms with Crippen LogP contribution in [0.4, 0.5) is 6.01 Å². The number of hydrogen-bond acceptors (Lipinski definition) is 6. The quantitative estimate of drug-likeness (QED) is 0.911. The summed E-state index contributed by atoms with van der Waals surface area (Å²) in [5.74, 6) is 0.587. The zero-order valence-electron chi connectivity index (χ0n) is 13.3. The van der Waals surface area contributed by atoms with Gasteiger partial charge in [0.15, 0.2) is 0 Å². The summed E-state index contributed by atoms with van der Waals surface area (Å²) in [7, 11) is 1.92. The molecule has 0 atom stereocenters. The maximum atomic E-state index is 5.66. The van der Waals surface area contributed by atoms with Crippen molar-refractivity contribution in [3.8, 4) is 0 Å². The van der Waals surface area contributed by atoms with Gasteiger partial charge in [0, 0.05) is 18.3 Å². The van der Waals surface area contributed by atoms with Gasteiger partial charge in [-0.2, -0.15) is 0 Å². The van der Waals surface area contributed by atoms with Crippen LogP contribution in [0.3, 0.4) is 0 Å². The molecule has 6 nitrogen and oxygen atoms in total. The van der Waals surface area contributed by atoms with Crippen LogP contribution in [0.5, 0.6) is 0 Å². The molecule has 0 aromatic carbocycles. The van der Waals surface area contributed by atoms with E-state index in [9.17, 15) is 0 Å². The highest BCUT2D eigenvalue weighted by Gasteiger charge is 2.14. The third-order valence-corrected chi connectivity index (χ3v) is 2.90. The van der Waals surface area contributed by atoms with Gasteiger partial charge in [0.2, 0.25) is 5.89 Å². The molecule has 0 radical (unpaired) electrons. The first-order chi connectivity index (χ1) is 9.83. The third kappa shape index (κ3) is 4.82. The van der Waals surface area contributed by atoms with Gasteiger partial charge < -0.3 is 14.6 Å². The van der Waals surface area contributed by atoms with Crippen molar-refractivity contribution in [3.05, 3.63) is 35.5 Å². The molecule has 6 heteroatoms. The second kappa shape index (κ2) is 6.22. The molecule has 0 aliphatic carbocycles. The van der Waals surface area contributed by atoms with Crippen molar-refractivity contribution in [3.63, 3.8) is 0 Å². The van der Waals surface area contributed by atoms with Gasteiger partial charge in [-0.25, -0.2) is 0 Å². The highest BCUT2D eigenvalue weighted by atomic mass is 16.4. The normalized spacial score (nSPS) is 11.7. The second-order valence-corrected chi connectivity index (χ2v) is 6.21. The van der Waals surface area contributed by atoms with E-state index in [4.69, 9.17) is 4.42 Å². The Labute approximate surface area is 125 Å².